The molecule has 0 bridgehead atoms. The van der Waals surface area contributed by atoms with Crippen LogP contribution in [0.5, 0.6) is 0 Å². The van der Waals surface area contributed by atoms with Gasteiger partial charge in [0.25, 0.3) is 0 Å². The van der Waals surface area contributed by atoms with Crippen molar-refractivity contribution >= 4 is 0 Å². The summed E-state index contributed by atoms with van der Waals surface area (Å²) in [5.41, 5.74) is 6.68. The molecule has 268 valence electrons. The predicted molar refractivity (Wildman–Crippen MR) is 210 cm³/mol. The minimum Gasteiger partial charge on any atom is -0.330 e. The van der Waals surface area contributed by atoms with Crippen molar-refractivity contribution in [1.82, 2.24) is 0 Å². The summed E-state index contributed by atoms with van der Waals surface area (Å²) in [7, 11) is 0. The predicted octanol–water partition coefficient (Wildman–Crippen LogP) is 15.0. The highest BCUT2D eigenvalue weighted by Gasteiger charge is 2.33. The lowest BCUT2D eigenvalue weighted by Gasteiger charge is -2.40. The number of hydrogen-bond donors (Lipinski definition) is 1. The largest absolute Gasteiger partial charge is 0.330 e. The summed E-state index contributed by atoms with van der Waals surface area (Å²) >= 11 is 0. The Labute approximate surface area is 290 Å². The minimum absolute atomic E-state index is 0.525. The molecule has 0 aromatic heterocycles. The van der Waals surface area contributed by atoms with Gasteiger partial charge in [0.2, 0.25) is 0 Å². The highest BCUT2D eigenvalue weighted by Crippen LogP contribution is 2.45. The van der Waals surface area contributed by atoms with Gasteiger partial charge < -0.3 is 5.73 Å². The van der Waals surface area contributed by atoms with Crippen molar-refractivity contribution in [3.05, 3.63) is 48.6 Å². The van der Waals surface area contributed by atoms with E-state index in [1.54, 1.807) is 0 Å². The topological polar surface area (TPSA) is 26.0 Å². The van der Waals surface area contributed by atoms with Crippen molar-refractivity contribution in [3.8, 4) is 0 Å². The first kappa shape index (κ1) is 42.9. The molecule has 1 nitrogen and oxygen atoms in total. The Balaban J connectivity index is 2.29. The Morgan fingerprint density at radius 2 is 1.02 bits per heavy atom. The van der Waals surface area contributed by atoms with Crippen LogP contribution in [0, 0.1) is 23.2 Å². The first-order valence-electron chi connectivity index (χ1n) is 20.9. The highest BCUT2D eigenvalue weighted by molar-refractivity contribution is 5.02. The monoisotopic (exact) mass is 638 g/mol. The van der Waals surface area contributed by atoms with Gasteiger partial charge in [-0.15, -0.1) is 0 Å². The molecule has 0 radical (unpaired) electrons. The second-order valence-electron chi connectivity index (χ2n) is 15.7. The zero-order chi connectivity index (χ0) is 33.4. The van der Waals surface area contributed by atoms with Crippen LogP contribution in [-0.4, -0.2) is 6.54 Å². The molecule has 46 heavy (non-hydrogen) atoms. The lowest BCUT2D eigenvalue weighted by Crippen LogP contribution is -2.32. The van der Waals surface area contributed by atoms with Crippen LogP contribution < -0.4 is 5.73 Å². The van der Waals surface area contributed by atoms with Gasteiger partial charge in [0.05, 0.1) is 0 Å². The fourth-order valence-electron chi connectivity index (χ4n) is 7.72. The fourth-order valence-corrected chi connectivity index (χ4v) is 7.72. The maximum Gasteiger partial charge on any atom is -0.00488 e. The summed E-state index contributed by atoms with van der Waals surface area (Å²) in [5, 5.41) is 0. The van der Waals surface area contributed by atoms with Gasteiger partial charge >= 0.3 is 0 Å². The van der Waals surface area contributed by atoms with Crippen LogP contribution >= 0.6 is 0 Å². The Hall–Kier alpha value is -1.08. The molecule has 1 heteroatoms. The Morgan fingerprint density at radius 1 is 0.565 bits per heavy atom. The van der Waals surface area contributed by atoms with Gasteiger partial charge in [0.1, 0.15) is 0 Å². The standard InChI is InChI=1S/C45H83N/c1-5-7-9-11-13-15-17-19-21-22-24-26-28-30-32-34-38-45(4,40-44-39-43(41-46)36-35-42(44)3)37-33-31-29-27-25-23-20-18-16-14-12-10-8-6-2/h13-16,18-21,42-44H,5-12,17,22-41,46H2,1-4H3/b15-13-,16-14+,20-18+,21-19-. The Kier molecular flexibility index (Phi) is 29.1. The summed E-state index contributed by atoms with van der Waals surface area (Å²) in [6.07, 6.45) is 56.9. The van der Waals surface area contributed by atoms with Gasteiger partial charge in [0.15, 0.2) is 0 Å². The Bertz CT molecular complexity index is 759. The van der Waals surface area contributed by atoms with E-state index in [9.17, 15) is 0 Å². The van der Waals surface area contributed by atoms with E-state index in [1.165, 1.54) is 173 Å². The summed E-state index contributed by atoms with van der Waals surface area (Å²) in [6, 6.07) is 0. The van der Waals surface area contributed by atoms with Crippen molar-refractivity contribution < 1.29 is 0 Å². The molecule has 0 heterocycles. The molecule has 1 saturated carbocycles. The molecule has 0 saturated heterocycles. The molecule has 1 aliphatic rings. The SMILES string of the molecule is CCCCC/C=C\C/C=C\CCCCCCCCC(C)(CCCCCCC/C=C/C=C/CCCCC)CC1CC(CN)CCC1C. The lowest BCUT2D eigenvalue weighted by atomic mass is 9.65. The first-order valence-corrected chi connectivity index (χ1v) is 20.9. The molecule has 0 spiro atoms. The number of rotatable bonds is 31. The second kappa shape index (κ2) is 31.2. The van der Waals surface area contributed by atoms with Crippen LogP contribution in [0.3, 0.4) is 0 Å². The van der Waals surface area contributed by atoms with Gasteiger partial charge in [-0.05, 0) is 120 Å². The Morgan fingerprint density at radius 3 is 1.52 bits per heavy atom. The molecule has 1 rings (SSSR count). The van der Waals surface area contributed by atoms with Crippen LogP contribution in [0.1, 0.15) is 207 Å². The zero-order valence-electron chi connectivity index (χ0n) is 31.9. The van der Waals surface area contributed by atoms with Crippen molar-refractivity contribution in [3.63, 3.8) is 0 Å². The van der Waals surface area contributed by atoms with Crippen molar-refractivity contribution in [2.24, 2.45) is 28.9 Å². The van der Waals surface area contributed by atoms with Crippen LogP contribution in [0.4, 0.5) is 0 Å². The average molecular weight is 638 g/mol. The maximum absolute atomic E-state index is 6.16. The van der Waals surface area contributed by atoms with Crippen molar-refractivity contribution in [2.45, 2.75) is 207 Å². The molecule has 0 aliphatic heterocycles. The average Bonchev–Trinajstić information content (AvgIpc) is 3.05. The summed E-state index contributed by atoms with van der Waals surface area (Å²) in [6.45, 7) is 10.7. The molecule has 4 unspecified atom stereocenters. The number of nitrogens with two attached hydrogens (primary N) is 1. The normalized spacial score (nSPS) is 20.6. The zero-order valence-corrected chi connectivity index (χ0v) is 31.9. The van der Waals surface area contributed by atoms with E-state index in [-0.39, 0.29) is 0 Å². The molecular weight excluding hydrogens is 555 g/mol. The van der Waals surface area contributed by atoms with Crippen LogP contribution in [0.25, 0.3) is 0 Å². The molecule has 2 N–H and O–H groups in total. The third-order valence-corrected chi connectivity index (χ3v) is 11.0. The van der Waals surface area contributed by atoms with E-state index >= 15 is 0 Å². The molecule has 4 atom stereocenters. The molecule has 1 fully saturated rings. The fraction of sp³-hybridized carbons (Fsp3) is 0.822. The summed E-state index contributed by atoms with van der Waals surface area (Å²) in [4.78, 5) is 0. The van der Waals surface area contributed by atoms with Crippen LogP contribution in [0.15, 0.2) is 48.6 Å². The van der Waals surface area contributed by atoms with E-state index in [4.69, 9.17) is 5.73 Å². The molecule has 0 aromatic rings. The summed E-state index contributed by atoms with van der Waals surface area (Å²) < 4.78 is 0. The third kappa shape index (κ3) is 25.0. The lowest BCUT2D eigenvalue weighted by molar-refractivity contribution is 0.109. The third-order valence-electron chi connectivity index (χ3n) is 11.0. The van der Waals surface area contributed by atoms with Gasteiger partial charge in [-0.2, -0.15) is 0 Å². The van der Waals surface area contributed by atoms with E-state index in [2.05, 4.69) is 76.3 Å². The number of allylic oxidation sites excluding steroid dienone is 8. The van der Waals surface area contributed by atoms with E-state index < -0.39 is 0 Å². The molecular formula is C45H83N. The highest BCUT2D eigenvalue weighted by atomic mass is 14.6. The quantitative estimate of drug-likeness (QED) is 0.0457. The van der Waals surface area contributed by atoms with E-state index in [0.29, 0.717) is 5.41 Å². The van der Waals surface area contributed by atoms with E-state index in [0.717, 1.165) is 30.7 Å². The van der Waals surface area contributed by atoms with Crippen LogP contribution in [0.2, 0.25) is 0 Å². The van der Waals surface area contributed by atoms with Gasteiger partial charge in [0, 0.05) is 0 Å². The molecule has 1 aliphatic carbocycles. The van der Waals surface area contributed by atoms with Crippen molar-refractivity contribution in [2.75, 3.05) is 6.54 Å². The first-order chi connectivity index (χ1) is 22.5. The molecule has 0 aromatic carbocycles. The summed E-state index contributed by atoms with van der Waals surface area (Å²) in [5.74, 6) is 2.56. The number of hydrogen-bond acceptors (Lipinski definition) is 1. The minimum atomic E-state index is 0.525. The van der Waals surface area contributed by atoms with Crippen LogP contribution in [-0.2, 0) is 0 Å². The van der Waals surface area contributed by atoms with Gasteiger partial charge in [-0.1, -0.05) is 166 Å². The number of unbranched alkanes of at least 4 members (excludes halogenated alkanes) is 17. The smallest absolute Gasteiger partial charge is 0.00488 e. The van der Waals surface area contributed by atoms with Gasteiger partial charge in [-0.25, -0.2) is 0 Å². The van der Waals surface area contributed by atoms with E-state index in [1.807, 2.05) is 0 Å². The maximum atomic E-state index is 6.16. The van der Waals surface area contributed by atoms with Gasteiger partial charge in [-0.3, -0.25) is 0 Å². The van der Waals surface area contributed by atoms with Crippen molar-refractivity contribution in [1.29, 1.82) is 0 Å². The molecule has 0 amide bonds. The second-order valence-corrected chi connectivity index (χ2v) is 15.7.